The summed E-state index contributed by atoms with van der Waals surface area (Å²) in [5.41, 5.74) is 0.973. The van der Waals surface area contributed by atoms with Gasteiger partial charge in [0.15, 0.2) is 0 Å². The second kappa shape index (κ2) is 10.1. The summed E-state index contributed by atoms with van der Waals surface area (Å²) >= 11 is 0. The summed E-state index contributed by atoms with van der Waals surface area (Å²) in [4.78, 5) is 12.1. The SMILES string of the molecule is CC(C)CCNC(=O)CCc1ccc(S(=O)(=O)NC2CCCCC2)cc1. The zero-order valence-corrected chi connectivity index (χ0v) is 16.8. The molecule has 146 valence electrons. The van der Waals surface area contributed by atoms with Crippen LogP contribution < -0.4 is 10.0 Å². The monoisotopic (exact) mass is 380 g/mol. The molecule has 0 unspecified atom stereocenters. The molecule has 2 rings (SSSR count). The van der Waals surface area contributed by atoms with Gasteiger partial charge in [-0.2, -0.15) is 0 Å². The van der Waals surface area contributed by atoms with Gasteiger partial charge in [-0.3, -0.25) is 4.79 Å². The fourth-order valence-electron chi connectivity index (χ4n) is 3.19. The Morgan fingerprint density at radius 2 is 1.77 bits per heavy atom. The van der Waals surface area contributed by atoms with Gasteiger partial charge in [0.25, 0.3) is 0 Å². The molecule has 0 spiro atoms. The van der Waals surface area contributed by atoms with Gasteiger partial charge in [0.2, 0.25) is 15.9 Å². The zero-order valence-electron chi connectivity index (χ0n) is 16.0. The van der Waals surface area contributed by atoms with Crippen molar-refractivity contribution in [3.05, 3.63) is 29.8 Å². The molecule has 5 nitrogen and oxygen atoms in total. The number of hydrogen-bond donors (Lipinski definition) is 2. The molecule has 1 aromatic rings. The van der Waals surface area contributed by atoms with Crippen molar-refractivity contribution >= 4 is 15.9 Å². The highest BCUT2D eigenvalue weighted by atomic mass is 32.2. The predicted molar refractivity (Wildman–Crippen MR) is 104 cm³/mol. The molecule has 2 N–H and O–H groups in total. The van der Waals surface area contributed by atoms with Crippen LogP contribution >= 0.6 is 0 Å². The van der Waals surface area contributed by atoms with E-state index in [1.807, 2.05) is 0 Å². The van der Waals surface area contributed by atoms with Crippen LogP contribution in [0.3, 0.4) is 0 Å². The van der Waals surface area contributed by atoms with Crippen molar-refractivity contribution in [1.29, 1.82) is 0 Å². The predicted octanol–water partition coefficient (Wildman–Crippen LogP) is 3.39. The Bertz CT molecular complexity index is 663. The minimum Gasteiger partial charge on any atom is -0.356 e. The van der Waals surface area contributed by atoms with Crippen molar-refractivity contribution in [3.8, 4) is 0 Å². The van der Waals surface area contributed by atoms with E-state index >= 15 is 0 Å². The van der Waals surface area contributed by atoms with Gasteiger partial charge in [-0.25, -0.2) is 13.1 Å². The molecule has 0 radical (unpaired) electrons. The minimum atomic E-state index is -3.46. The summed E-state index contributed by atoms with van der Waals surface area (Å²) in [6.07, 6.45) is 7.22. The van der Waals surface area contributed by atoms with E-state index in [4.69, 9.17) is 0 Å². The van der Waals surface area contributed by atoms with Crippen LogP contribution in [0.25, 0.3) is 0 Å². The fraction of sp³-hybridized carbons (Fsp3) is 0.650. The van der Waals surface area contributed by atoms with Gasteiger partial charge in [-0.15, -0.1) is 0 Å². The number of hydrogen-bond acceptors (Lipinski definition) is 3. The largest absolute Gasteiger partial charge is 0.356 e. The molecule has 0 atom stereocenters. The summed E-state index contributed by atoms with van der Waals surface area (Å²) in [6.45, 7) is 4.97. The lowest BCUT2D eigenvalue weighted by Crippen LogP contribution is -2.36. The number of amides is 1. The summed E-state index contributed by atoms with van der Waals surface area (Å²) in [5.74, 6) is 0.619. The molecule has 0 heterocycles. The third-order valence-corrected chi connectivity index (χ3v) is 6.38. The Morgan fingerprint density at radius 3 is 2.38 bits per heavy atom. The summed E-state index contributed by atoms with van der Waals surface area (Å²) in [6, 6.07) is 6.94. The maximum atomic E-state index is 12.5. The molecule has 0 bridgehead atoms. The number of aryl methyl sites for hydroxylation is 1. The van der Waals surface area contributed by atoms with Crippen molar-refractivity contribution in [2.75, 3.05) is 6.54 Å². The summed E-state index contributed by atoms with van der Waals surface area (Å²) in [7, 11) is -3.46. The van der Waals surface area contributed by atoms with E-state index in [1.54, 1.807) is 24.3 Å². The second-order valence-corrected chi connectivity index (χ2v) is 9.35. The molecule has 1 aliphatic rings. The molecule has 1 fully saturated rings. The first-order valence-corrected chi connectivity index (χ1v) is 11.2. The topological polar surface area (TPSA) is 75.3 Å². The smallest absolute Gasteiger partial charge is 0.240 e. The van der Waals surface area contributed by atoms with E-state index in [0.717, 1.165) is 37.7 Å². The molecular formula is C20H32N2O3S. The summed E-state index contributed by atoms with van der Waals surface area (Å²) in [5, 5.41) is 2.92. The van der Waals surface area contributed by atoms with Gasteiger partial charge in [-0.05, 0) is 49.3 Å². The van der Waals surface area contributed by atoms with Crippen LogP contribution in [0.4, 0.5) is 0 Å². The number of nitrogens with one attached hydrogen (secondary N) is 2. The Kier molecular flexibility index (Phi) is 8.10. The van der Waals surface area contributed by atoms with E-state index in [9.17, 15) is 13.2 Å². The Labute approximate surface area is 158 Å². The van der Waals surface area contributed by atoms with Gasteiger partial charge in [0.1, 0.15) is 0 Å². The van der Waals surface area contributed by atoms with Crippen LogP contribution in [0.1, 0.15) is 64.4 Å². The molecule has 0 saturated heterocycles. The van der Waals surface area contributed by atoms with Gasteiger partial charge in [-0.1, -0.05) is 45.2 Å². The van der Waals surface area contributed by atoms with Crippen molar-refractivity contribution in [2.45, 2.75) is 76.2 Å². The normalized spacial score (nSPS) is 16.0. The van der Waals surface area contributed by atoms with Gasteiger partial charge < -0.3 is 5.32 Å². The molecule has 0 aliphatic heterocycles. The second-order valence-electron chi connectivity index (χ2n) is 7.63. The Balaban J connectivity index is 1.82. The van der Waals surface area contributed by atoms with Crippen LogP contribution in [-0.4, -0.2) is 26.9 Å². The van der Waals surface area contributed by atoms with Gasteiger partial charge >= 0.3 is 0 Å². The van der Waals surface area contributed by atoms with E-state index in [-0.39, 0.29) is 11.9 Å². The third kappa shape index (κ3) is 7.08. The average Bonchev–Trinajstić information content (AvgIpc) is 2.60. The average molecular weight is 381 g/mol. The quantitative estimate of drug-likeness (QED) is 0.689. The maximum absolute atomic E-state index is 12.5. The first-order valence-electron chi connectivity index (χ1n) is 9.75. The number of carbonyl (C=O) groups is 1. The van der Waals surface area contributed by atoms with Crippen LogP contribution in [0, 0.1) is 5.92 Å². The van der Waals surface area contributed by atoms with Crippen LogP contribution in [-0.2, 0) is 21.2 Å². The van der Waals surface area contributed by atoms with E-state index in [2.05, 4.69) is 23.9 Å². The molecule has 26 heavy (non-hydrogen) atoms. The van der Waals surface area contributed by atoms with Crippen molar-refractivity contribution < 1.29 is 13.2 Å². The van der Waals surface area contributed by atoms with E-state index in [1.165, 1.54) is 6.42 Å². The molecule has 1 amide bonds. The molecule has 1 aromatic carbocycles. The van der Waals surface area contributed by atoms with Crippen LogP contribution in [0.15, 0.2) is 29.2 Å². The maximum Gasteiger partial charge on any atom is 0.240 e. The van der Waals surface area contributed by atoms with E-state index < -0.39 is 10.0 Å². The molecule has 1 saturated carbocycles. The lowest BCUT2D eigenvalue weighted by Gasteiger charge is -2.22. The molecule has 6 heteroatoms. The van der Waals surface area contributed by atoms with Crippen molar-refractivity contribution in [1.82, 2.24) is 10.0 Å². The number of sulfonamides is 1. The third-order valence-electron chi connectivity index (χ3n) is 4.85. The molecule has 1 aliphatic carbocycles. The van der Waals surface area contributed by atoms with Crippen LogP contribution in [0.2, 0.25) is 0 Å². The summed E-state index contributed by atoms with van der Waals surface area (Å²) < 4.78 is 27.8. The highest BCUT2D eigenvalue weighted by Gasteiger charge is 2.21. The van der Waals surface area contributed by atoms with Crippen molar-refractivity contribution in [3.63, 3.8) is 0 Å². The lowest BCUT2D eigenvalue weighted by molar-refractivity contribution is -0.121. The minimum absolute atomic E-state index is 0.0429. The number of rotatable bonds is 9. The first kappa shape index (κ1) is 20.9. The standard InChI is InChI=1S/C20H32N2O3S/c1-16(2)14-15-21-20(23)13-10-17-8-11-19(12-9-17)26(24,25)22-18-6-4-3-5-7-18/h8-9,11-12,16,18,22H,3-7,10,13-15H2,1-2H3,(H,21,23). The van der Waals surface area contributed by atoms with Crippen LogP contribution in [0.5, 0.6) is 0 Å². The first-order chi connectivity index (χ1) is 12.4. The highest BCUT2D eigenvalue weighted by molar-refractivity contribution is 7.89. The highest BCUT2D eigenvalue weighted by Crippen LogP contribution is 2.20. The number of benzene rings is 1. The van der Waals surface area contributed by atoms with Gasteiger partial charge in [0, 0.05) is 19.0 Å². The lowest BCUT2D eigenvalue weighted by atomic mass is 9.96. The van der Waals surface area contributed by atoms with E-state index in [0.29, 0.717) is 30.2 Å². The Hall–Kier alpha value is -1.40. The number of carbonyl (C=O) groups excluding carboxylic acids is 1. The van der Waals surface area contributed by atoms with Crippen molar-refractivity contribution in [2.24, 2.45) is 5.92 Å². The molecule has 0 aromatic heterocycles. The fourth-order valence-corrected chi connectivity index (χ4v) is 4.49. The van der Waals surface area contributed by atoms with Gasteiger partial charge in [0.05, 0.1) is 4.90 Å². The molecular weight excluding hydrogens is 348 g/mol. The zero-order chi connectivity index (χ0) is 19.0. The Morgan fingerprint density at radius 1 is 1.12 bits per heavy atom.